The summed E-state index contributed by atoms with van der Waals surface area (Å²) in [7, 11) is -7.32. The van der Waals surface area contributed by atoms with Gasteiger partial charge in [-0.3, -0.25) is 9.80 Å². The molecule has 4 N–H and O–H groups in total. The minimum atomic E-state index is -3.66. The van der Waals surface area contributed by atoms with E-state index in [9.17, 15) is 16.8 Å². The second kappa shape index (κ2) is 14.4. The fraction of sp³-hybridized carbons (Fsp3) is 0.538. The third-order valence-corrected chi connectivity index (χ3v) is 9.22. The van der Waals surface area contributed by atoms with Crippen molar-refractivity contribution in [3.05, 3.63) is 58.7 Å². The molecule has 2 aliphatic heterocycles. The normalized spacial score (nSPS) is 16.2. The van der Waals surface area contributed by atoms with Crippen molar-refractivity contribution in [1.82, 2.24) is 9.80 Å². The van der Waals surface area contributed by atoms with Gasteiger partial charge in [-0.2, -0.15) is 0 Å². The van der Waals surface area contributed by atoms with Crippen molar-refractivity contribution in [2.75, 3.05) is 26.2 Å². The lowest BCUT2D eigenvalue weighted by molar-refractivity contribution is 0.244. The lowest BCUT2D eigenvalue weighted by Gasteiger charge is -2.29. The SMILES string of the molecule is Cl.Cl.NS(=O)(=O)c1ccc2c(c1)CN(CCCCCCCCN1CCc3ccc(S(N)(=O)=O)cc3C1)CC2. The molecular weight excluding hydrogens is 567 g/mol. The molecule has 2 aliphatic rings. The van der Waals surface area contributed by atoms with E-state index in [1.165, 1.54) is 36.8 Å². The van der Waals surface area contributed by atoms with Crippen LogP contribution in [0.4, 0.5) is 0 Å². The van der Waals surface area contributed by atoms with Crippen LogP contribution in [0.1, 0.15) is 60.8 Å². The van der Waals surface area contributed by atoms with Gasteiger partial charge in [0.25, 0.3) is 0 Å². The van der Waals surface area contributed by atoms with Crippen molar-refractivity contribution in [2.24, 2.45) is 10.3 Å². The van der Waals surface area contributed by atoms with E-state index in [1.807, 2.05) is 12.1 Å². The molecule has 4 rings (SSSR count). The van der Waals surface area contributed by atoms with Crippen LogP contribution < -0.4 is 10.3 Å². The summed E-state index contributed by atoms with van der Waals surface area (Å²) >= 11 is 0. The molecule has 12 heteroatoms. The zero-order valence-electron chi connectivity index (χ0n) is 21.7. The third kappa shape index (κ3) is 9.16. The predicted molar refractivity (Wildman–Crippen MR) is 156 cm³/mol. The van der Waals surface area contributed by atoms with Crippen molar-refractivity contribution in [3.63, 3.8) is 0 Å². The van der Waals surface area contributed by atoms with Crippen molar-refractivity contribution < 1.29 is 16.8 Å². The zero-order chi connectivity index (χ0) is 25.8. The second-order valence-corrected chi connectivity index (χ2v) is 13.2. The van der Waals surface area contributed by atoms with E-state index in [4.69, 9.17) is 10.3 Å². The summed E-state index contributed by atoms with van der Waals surface area (Å²) in [5, 5.41) is 10.6. The predicted octanol–water partition coefficient (Wildman–Crippen LogP) is 3.58. The van der Waals surface area contributed by atoms with Crippen LogP contribution in [0.3, 0.4) is 0 Å². The molecule has 0 bridgehead atoms. The fourth-order valence-corrected chi connectivity index (χ4v) is 6.43. The van der Waals surface area contributed by atoms with E-state index in [-0.39, 0.29) is 34.6 Å². The number of nitrogens with two attached hydrogens (primary N) is 2. The van der Waals surface area contributed by atoms with Gasteiger partial charge in [-0.15, -0.1) is 24.8 Å². The van der Waals surface area contributed by atoms with Gasteiger partial charge in [0.2, 0.25) is 20.0 Å². The van der Waals surface area contributed by atoms with Crippen molar-refractivity contribution >= 4 is 44.9 Å². The highest BCUT2D eigenvalue weighted by Gasteiger charge is 2.20. The first kappa shape index (κ1) is 33.0. The molecule has 0 spiro atoms. The highest BCUT2D eigenvalue weighted by Crippen LogP contribution is 2.24. The summed E-state index contributed by atoms with van der Waals surface area (Å²) in [4.78, 5) is 5.21. The number of rotatable bonds is 11. The Labute approximate surface area is 240 Å². The maximum absolute atomic E-state index is 11.6. The Bertz CT molecular complexity index is 1190. The number of primary sulfonamides is 2. The number of sulfonamides is 2. The minimum Gasteiger partial charge on any atom is -0.299 e. The summed E-state index contributed by atoms with van der Waals surface area (Å²) < 4.78 is 46.6. The summed E-state index contributed by atoms with van der Waals surface area (Å²) in [6.07, 6.45) is 9.05. The summed E-state index contributed by atoms with van der Waals surface area (Å²) in [6.45, 7) is 5.67. The van der Waals surface area contributed by atoms with Crippen LogP contribution in [0, 0.1) is 0 Å². The number of unbranched alkanes of at least 4 members (excludes halogenated alkanes) is 5. The maximum Gasteiger partial charge on any atom is 0.238 e. The largest absolute Gasteiger partial charge is 0.299 e. The molecule has 2 aromatic rings. The molecular formula is C26H40Cl2N4O4S2. The van der Waals surface area contributed by atoms with Crippen molar-refractivity contribution in [2.45, 2.75) is 74.2 Å². The lowest BCUT2D eigenvalue weighted by Crippen LogP contribution is -2.31. The molecule has 0 amide bonds. The number of hydrogen-bond donors (Lipinski definition) is 2. The van der Waals surface area contributed by atoms with E-state index in [1.54, 1.807) is 24.3 Å². The molecule has 0 saturated heterocycles. The topological polar surface area (TPSA) is 127 Å². The van der Waals surface area contributed by atoms with Gasteiger partial charge in [-0.25, -0.2) is 27.1 Å². The van der Waals surface area contributed by atoms with Crippen LogP contribution in [-0.2, 0) is 46.0 Å². The molecule has 0 saturated carbocycles. The number of benzene rings is 2. The van der Waals surface area contributed by atoms with Crippen LogP contribution in [0.15, 0.2) is 46.2 Å². The minimum absolute atomic E-state index is 0. The van der Waals surface area contributed by atoms with E-state index in [0.29, 0.717) is 0 Å². The molecule has 8 nitrogen and oxygen atoms in total. The lowest BCUT2D eigenvalue weighted by atomic mass is 9.99. The van der Waals surface area contributed by atoms with Crippen molar-refractivity contribution in [3.8, 4) is 0 Å². The first-order chi connectivity index (χ1) is 17.1. The number of nitrogens with zero attached hydrogens (tertiary/aromatic N) is 2. The quantitative estimate of drug-likeness (QED) is 0.376. The molecule has 0 fully saturated rings. The van der Waals surface area contributed by atoms with Gasteiger partial charge in [0.15, 0.2) is 0 Å². The Hall–Kier alpha value is -1.24. The van der Waals surface area contributed by atoms with Gasteiger partial charge in [0.05, 0.1) is 9.79 Å². The highest BCUT2D eigenvalue weighted by atomic mass is 35.5. The van der Waals surface area contributed by atoms with Gasteiger partial charge < -0.3 is 0 Å². The highest BCUT2D eigenvalue weighted by molar-refractivity contribution is 7.89. The first-order valence-corrected chi connectivity index (χ1v) is 15.9. The first-order valence-electron chi connectivity index (χ1n) is 12.8. The van der Waals surface area contributed by atoms with Gasteiger partial charge in [-0.1, -0.05) is 37.8 Å². The van der Waals surface area contributed by atoms with Gasteiger partial charge in [0, 0.05) is 26.2 Å². The van der Waals surface area contributed by atoms with Crippen LogP contribution in [-0.4, -0.2) is 52.8 Å². The second-order valence-electron chi connectivity index (χ2n) is 10.1. The molecule has 0 radical (unpaired) electrons. The van der Waals surface area contributed by atoms with Crippen LogP contribution >= 0.6 is 24.8 Å². The van der Waals surface area contributed by atoms with Gasteiger partial charge >= 0.3 is 0 Å². The van der Waals surface area contributed by atoms with Crippen molar-refractivity contribution in [1.29, 1.82) is 0 Å². The summed E-state index contributed by atoms with van der Waals surface area (Å²) in [5.41, 5.74) is 4.60. The maximum atomic E-state index is 11.6. The Balaban J connectivity index is 0.00000253. The van der Waals surface area contributed by atoms with E-state index in [2.05, 4.69) is 9.80 Å². The smallest absolute Gasteiger partial charge is 0.238 e. The Morgan fingerprint density at radius 3 is 1.32 bits per heavy atom. The Morgan fingerprint density at radius 1 is 0.579 bits per heavy atom. The molecule has 2 heterocycles. The monoisotopic (exact) mass is 606 g/mol. The Kier molecular flexibility index (Phi) is 12.5. The summed E-state index contributed by atoms with van der Waals surface area (Å²) in [5.74, 6) is 0. The average Bonchev–Trinajstić information content (AvgIpc) is 2.83. The molecule has 38 heavy (non-hydrogen) atoms. The standard InChI is InChI=1S/C26H38N4O4S2.2ClH/c27-35(31,32)25-9-7-21-11-15-29(19-23(21)17-25)13-5-3-1-2-4-6-14-30-16-12-22-8-10-26(36(28,33)34)18-24(22)20-30;;/h7-10,17-18H,1-6,11-16,19-20H2,(H2,27,31,32)(H2,28,33,34);2*1H. The summed E-state index contributed by atoms with van der Waals surface area (Å²) in [6, 6.07) is 10.5. The number of fused-ring (bicyclic) bond motifs is 2. The number of hydrogen-bond acceptors (Lipinski definition) is 6. The molecule has 214 valence electrons. The average molecular weight is 608 g/mol. The molecule has 0 aromatic heterocycles. The number of halogens is 2. The van der Waals surface area contributed by atoms with E-state index < -0.39 is 20.0 Å². The van der Waals surface area contributed by atoms with Crippen LogP contribution in [0.2, 0.25) is 0 Å². The molecule has 2 aromatic carbocycles. The van der Waals surface area contributed by atoms with Gasteiger partial charge in [-0.05, 0) is 85.3 Å². The molecule has 0 atom stereocenters. The Morgan fingerprint density at radius 2 is 0.947 bits per heavy atom. The van der Waals surface area contributed by atoms with Crippen LogP contribution in [0.5, 0.6) is 0 Å². The van der Waals surface area contributed by atoms with E-state index in [0.717, 1.165) is 76.1 Å². The zero-order valence-corrected chi connectivity index (χ0v) is 24.9. The van der Waals surface area contributed by atoms with Gasteiger partial charge in [0.1, 0.15) is 0 Å². The molecule has 0 aliphatic carbocycles. The van der Waals surface area contributed by atoms with Crippen LogP contribution in [0.25, 0.3) is 0 Å². The molecule has 0 unspecified atom stereocenters. The fourth-order valence-electron chi connectivity index (χ4n) is 5.30. The third-order valence-electron chi connectivity index (χ3n) is 7.39. The van der Waals surface area contributed by atoms with E-state index >= 15 is 0 Å².